The molecule has 0 bridgehead atoms. The van der Waals surface area contributed by atoms with Crippen LogP contribution in [-0.2, 0) is 4.79 Å². The second-order valence-electron chi connectivity index (χ2n) is 12.1. The number of amides is 1. The molecule has 4 aromatic rings. The number of ether oxygens (including phenoxy) is 1. The first-order valence-corrected chi connectivity index (χ1v) is 14.8. The maximum Gasteiger partial charge on any atom is 0.319 e. The maximum absolute atomic E-state index is 16.6. The molecule has 0 saturated carbocycles. The second-order valence-corrected chi connectivity index (χ2v) is 12.1. The van der Waals surface area contributed by atoms with Crippen molar-refractivity contribution in [2.75, 3.05) is 44.7 Å². The molecule has 13 heteroatoms. The SMILES string of the molecule is C=CC(=O)N1CC[C@@H](N(C)c2nc(OC[C@@]34CCCN3C[C@@H](F)C4)nc3c(F)c(-c4c(C)cc(F)c5[nH]ncc45)ncc23)C1. The standard InChI is InChI=1S/C31H33F3N8O2/c1-4-23(43)41-9-6-19(15-41)40(3)29-21-12-35-28(24-17(2)10-22(33)26-20(24)13-36-39-26)25(34)27(21)37-30(38-29)44-16-31-7-5-8-42(31)14-18(32)11-31/h4,10,12-13,18-19H,1,5-9,11,14-16H2,2-3H3,(H,36,39)/t18-,19+,31-/m0/s1. The second kappa shape index (κ2) is 10.7. The van der Waals surface area contributed by atoms with Gasteiger partial charge < -0.3 is 14.5 Å². The normalized spacial score (nSPS) is 23.5. The zero-order chi connectivity index (χ0) is 30.7. The van der Waals surface area contributed by atoms with E-state index in [1.165, 1.54) is 24.5 Å². The molecule has 3 atom stereocenters. The highest BCUT2D eigenvalue weighted by Gasteiger charge is 2.49. The van der Waals surface area contributed by atoms with E-state index < -0.39 is 23.3 Å². The molecule has 0 unspecified atom stereocenters. The molecule has 0 aliphatic carbocycles. The number of nitrogens with one attached hydrogen (secondary N) is 1. The number of aryl methyl sites for hydroxylation is 1. The van der Waals surface area contributed by atoms with Crippen LogP contribution in [0.4, 0.5) is 19.0 Å². The fraction of sp³-hybridized carbons (Fsp3) is 0.452. The Bertz CT molecular complexity index is 1800. The van der Waals surface area contributed by atoms with Crippen molar-refractivity contribution in [2.24, 2.45) is 0 Å². The predicted molar refractivity (Wildman–Crippen MR) is 159 cm³/mol. The highest BCUT2D eigenvalue weighted by atomic mass is 19.1. The molecule has 3 aliphatic rings. The van der Waals surface area contributed by atoms with Crippen LogP contribution < -0.4 is 9.64 Å². The van der Waals surface area contributed by atoms with E-state index in [0.29, 0.717) is 60.2 Å². The number of alkyl halides is 1. The van der Waals surface area contributed by atoms with Crippen molar-refractivity contribution in [3.63, 3.8) is 0 Å². The molecule has 0 spiro atoms. The molecule has 3 aliphatic heterocycles. The van der Waals surface area contributed by atoms with E-state index in [0.717, 1.165) is 19.4 Å². The minimum Gasteiger partial charge on any atom is -0.461 e. The summed E-state index contributed by atoms with van der Waals surface area (Å²) in [6, 6.07) is 1.18. The number of pyridine rings is 1. The van der Waals surface area contributed by atoms with Gasteiger partial charge in [0.25, 0.3) is 0 Å². The predicted octanol–water partition coefficient (Wildman–Crippen LogP) is 4.33. The Morgan fingerprint density at radius 2 is 2.09 bits per heavy atom. The molecule has 6 heterocycles. The first-order valence-electron chi connectivity index (χ1n) is 14.8. The van der Waals surface area contributed by atoms with Crippen LogP contribution in [0.1, 0.15) is 31.2 Å². The first kappa shape index (κ1) is 28.5. The van der Waals surface area contributed by atoms with E-state index in [1.807, 2.05) is 11.9 Å². The number of aromatic amines is 1. The number of aromatic nitrogens is 5. The topological polar surface area (TPSA) is 103 Å². The molecular weight excluding hydrogens is 573 g/mol. The fourth-order valence-electron chi connectivity index (χ4n) is 7.26. The van der Waals surface area contributed by atoms with Crippen LogP contribution in [0.25, 0.3) is 33.1 Å². The Morgan fingerprint density at radius 3 is 2.91 bits per heavy atom. The smallest absolute Gasteiger partial charge is 0.319 e. The van der Waals surface area contributed by atoms with Gasteiger partial charge in [0.2, 0.25) is 5.91 Å². The van der Waals surface area contributed by atoms with E-state index in [4.69, 9.17) is 9.72 Å². The summed E-state index contributed by atoms with van der Waals surface area (Å²) in [4.78, 5) is 31.8. The lowest BCUT2D eigenvalue weighted by atomic mass is 9.95. The molecule has 0 radical (unpaired) electrons. The van der Waals surface area contributed by atoms with Gasteiger partial charge in [-0.25, -0.2) is 13.2 Å². The Labute approximate surface area is 251 Å². The van der Waals surface area contributed by atoms with Crippen molar-refractivity contribution in [1.29, 1.82) is 0 Å². The molecule has 3 saturated heterocycles. The number of likely N-dealkylation sites (tertiary alicyclic amines) is 1. The lowest BCUT2D eigenvalue weighted by molar-refractivity contribution is -0.125. The monoisotopic (exact) mass is 606 g/mol. The third-order valence-electron chi connectivity index (χ3n) is 9.53. The van der Waals surface area contributed by atoms with Gasteiger partial charge >= 0.3 is 6.01 Å². The largest absolute Gasteiger partial charge is 0.461 e. The number of fused-ring (bicyclic) bond motifs is 3. The molecule has 1 N–H and O–H groups in total. The van der Waals surface area contributed by atoms with Gasteiger partial charge in [0.15, 0.2) is 5.82 Å². The number of H-pyrrole nitrogens is 1. The molecule has 230 valence electrons. The maximum atomic E-state index is 16.6. The Balaban J connectivity index is 1.32. The number of halogens is 3. The number of hydrogen-bond donors (Lipinski definition) is 1. The van der Waals surface area contributed by atoms with Gasteiger partial charge in [0.05, 0.1) is 17.1 Å². The Kier molecular flexibility index (Phi) is 6.95. The lowest BCUT2D eigenvalue weighted by Crippen LogP contribution is -2.43. The van der Waals surface area contributed by atoms with Crippen molar-refractivity contribution >= 4 is 33.5 Å². The van der Waals surface area contributed by atoms with E-state index in [9.17, 15) is 13.6 Å². The Hall–Kier alpha value is -4.26. The summed E-state index contributed by atoms with van der Waals surface area (Å²) in [6.45, 7) is 7.64. The Morgan fingerprint density at radius 1 is 1.25 bits per heavy atom. The van der Waals surface area contributed by atoms with Crippen molar-refractivity contribution in [3.8, 4) is 17.3 Å². The summed E-state index contributed by atoms with van der Waals surface area (Å²) < 4.78 is 51.9. The lowest BCUT2D eigenvalue weighted by Gasteiger charge is -2.31. The van der Waals surface area contributed by atoms with Gasteiger partial charge in [-0.05, 0) is 50.4 Å². The summed E-state index contributed by atoms with van der Waals surface area (Å²) in [6.07, 6.45) is 6.13. The van der Waals surface area contributed by atoms with Crippen molar-refractivity contribution in [1.82, 2.24) is 34.9 Å². The van der Waals surface area contributed by atoms with Gasteiger partial charge in [-0.1, -0.05) is 6.58 Å². The number of carbonyl (C=O) groups is 1. The van der Waals surface area contributed by atoms with E-state index in [1.54, 1.807) is 11.8 Å². The van der Waals surface area contributed by atoms with E-state index in [2.05, 4.69) is 31.6 Å². The third-order valence-corrected chi connectivity index (χ3v) is 9.53. The molecule has 3 fully saturated rings. The third kappa shape index (κ3) is 4.56. The van der Waals surface area contributed by atoms with Gasteiger partial charge in [-0.3, -0.25) is 19.8 Å². The zero-order valence-corrected chi connectivity index (χ0v) is 24.6. The molecule has 7 rings (SSSR count). The number of nitrogens with zero attached hydrogens (tertiary/aromatic N) is 7. The van der Waals surface area contributed by atoms with Crippen LogP contribution in [0.2, 0.25) is 0 Å². The molecule has 1 aromatic carbocycles. The quantitative estimate of drug-likeness (QED) is 0.310. The molecule has 1 amide bonds. The minimum absolute atomic E-state index is 0.0000925. The summed E-state index contributed by atoms with van der Waals surface area (Å²) in [5, 5.41) is 7.36. The average molecular weight is 607 g/mol. The number of carbonyl (C=O) groups excluding carboxylic acids is 1. The van der Waals surface area contributed by atoms with Crippen molar-refractivity contribution in [3.05, 3.63) is 48.3 Å². The first-order chi connectivity index (χ1) is 21.2. The number of anilines is 1. The van der Waals surface area contributed by atoms with Crippen LogP contribution in [0.5, 0.6) is 6.01 Å². The zero-order valence-electron chi connectivity index (χ0n) is 24.6. The highest BCUT2D eigenvalue weighted by Crippen LogP contribution is 2.41. The fourth-order valence-corrected chi connectivity index (χ4v) is 7.26. The summed E-state index contributed by atoms with van der Waals surface area (Å²) in [5.41, 5.74) is 0.600. The van der Waals surface area contributed by atoms with Gasteiger partial charge in [0, 0.05) is 56.3 Å². The van der Waals surface area contributed by atoms with Crippen LogP contribution in [-0.4, -0.2) is 98.4 Å². The number of benzene rings is 1. The number of hydrogen-bond acceptors (Lipinski definition) is 8. The van der Waals surface area contributed by atoms with E-state index >= 15 is 4.39 Å². The van der Waals surface area contributed by atoms with Crippen LogP contribution in [0.3, 0.4) is 0 Å². The average Bonchev–Trinajstić information content (AvgIpc) is 3.80. The van der Waals surface area contributed by atoms with Gasteiger partial charge in [-0.15, -0.1) is 0 Å². The molecule has 44 heavy (non-hydrogen) atoms. The minimum atomic E-state index is -0.925. The van der Waals surface area contributed by atoms with Crippen LogP contribution in [0, 0.1) is 18.6 Å². The number of likely N-dealkylation sites (N-methyl/N-ethyl adjacent to an activating group) is 1. The number of rotatable bonds is 7. The van der Waals surface area contributed by atoms with Gasteiger partial charge in [0.1, 0.15) is 41.1 Å². The van der Waals surface area contributed by atoms with Crippen LogP contribution in [0.15, 0.2) is 31.1 Å². The van der Waals surface area contributed by atoms with Crippen molar-refractivity contribution in [2.45, 2.75) is 50.4 Å². The molecular formula is C31H33F3N8O2. The summed E-state index contributed by atoms with van der Waals surface area (Å²) >= 11 is 0. The van der Waals surface area contributed by atoms with Crippen LogP contribution >= 0.6 is 0 Å². The van der Waals surface area contributed by atoms with Crippen molar-refractivity contribution < 1.29 is 22.7 Å². The summed E-state index contributed by atoms with van der Waals surface area (Å²) in [5.74, 6) is -0.953. The van der Waals surface area contributed by atoms with Gasteiger partial charge in [-0.2, -0.15) is 15.1 Å². The summed E-state index contributed by atoms with van der Waals surface area (Å²) in [7, 11) is 1.84. The molecule has 3 aromatic heterocycles. The van der Waals surface area contributed by atoms with E-state index in [-0.39, 0.29) is 41.3 Å². The highest BCUT2D eigenvalue weighted by molar-refractivity contribution is 5.99. The molecule has 10 nitrogen and oxygen atoms in total.